The number of methoxy groups -OCH3 is 1. The maximum Gasteiger partial charge on any atom is 0.311 e. The number of ether oxygens (including phenoxy) is 1. The van der Waals surface area contributed by atoms with Gasteiger partial charge in [-0.05, 0) is 54.8 Å². The molecule has 2 aromatic heterocycles. The number of carbonyl (C=O) groups is 1. The number of benzene rings is 2. The summed E-state index contributed by atoms with van der Waals surface area (Å²) in [6.07, 6.45) is 4.62. The van der Waals surface area contributed by atoms with E-state index in [9.17, 15) is 13.2 Å². The molecule has 0 fully saturated rings. The van der Waals surface area contributed by atoms with E-state index in [4.69, 9.17) is 4.74 Å². The highest BCUT2D eigenvalue weighted by molar-refractivity contribution is 7.92. The van der Waals surface area contributed by atoms with Crippen molar-refractivity contribution in [1.29, 1.82) is 0 Å². The Bertz CT molecular complexity index is 1410. The summed E-state index contributed by atoms with van der Waals surface area (Å²) in [6, 6.07) is 17.6. The van der Waals surface area contributed by atoms with Crippen molar-refractivity contribution in [3.05, 3.63) is 78.1 Å². The zero-order valence-corrected chi connectivity index (χ0v) is 19.9. The van der Waals surface area contributed by atoms with Crippen LogP contribution in [0.15, 0.2) is 71.8 Å². The minimum absolute atomic E-state index is 0.0899. The van der Waals surface area contributed by atoms with Crippen molar-refractivity contribution < 1.29 is 17.9 Å². The molecule has 2 aromatic carbocycles. The van der Waals surface area contributed by atoms with Gasteiger partial charge in [-0.1, -0.05) is 31.5 Å². The molecule has 8 nitrogen and oxygen atoms in total. The molecule has 0 aliphatic heterocycles. The van der Waals surface area contributed by atoms with E-state index in [0.29, 0.717) is 11.4 Å². The fourth-order valence-corrected chi connectivity index (χ4v) is 4.71. The fraction of sp³-hybridized carbons (Fsp3) is 0.240. The van der Waals surface area contributed by atoms with E-state index in [1.54, 1.807) is 30.5 Å². The van der Waals surface area contributed by atoms with Crippen LogP contribution in [0, 0.1) is 0 Å². The zero-order chi connectivity index (χ0) is 24.1. The molecule has 0 bridgehead atoms. The first-order valence-electron chi connectivity index (χ1n) is 11.0. The first-order chi connectivity index (χ1) is 16.4. The maximum absolute atomic E-state index is 13.2. The number of anilines is 1. The van der Waals surface area contributed by atoms with Gasteiger partial charge in [-0.25, -0.2) is 13.1 Å². The largest absolute Gasteiger partial charge is 0.469 e. The van der Waals surface area contributed by atoms with Crippen LogP contribution in [-0.4, -0.2) is 36.3 Å². The Kier molecular flexibility index (Phi) is 6.93. The van der Waals surface area contributed by atoms with Gasteiger partial charge in [0.05, 0.1) is 35.3 Å². The number of carbonyl (C=O) groups excluding carboxylic acids is 1. The number of pyridine rings is 1. The SMILES string of the molecule is CCCCc1ccc(S(=O)(=O)Nc2cc(CC(=O)OC)nn2-c2cccc3ncccc23)cc1. The van der Waals surface area contributed by atoms with Gasteiger partial charge >= 0.3 is 5.97 Å². The topological polar surface area (TPSA) is 103 Å². The van der Waals surface area contributed by atoms with Crippen LogP contribution in [-0.2, 0) is 32.4 Å². The number of rotatable bonds is 9. The molecular formula is C25H26N4O4S. The van der Waals surface area contributed by atoms with E-state index >= 15 is 0 Å². The minimum Gasteiger partial charge on any atom is -0.469 e. The Hall–Kier alpha value is -3.72. The van der Waals surface area contributed by atoms with Crippen LogP contribution in [0.2, 0.25) is 0 Å². The van der Waals surface area contributed by atoms with Crippen molar-refractivity contribution in [2.45, 2.75) is 37.5 Å². The third kappa shape index (κ3) is 5.09. The van der Waals surface area contributed by atoms with Crippen LogP contribution in [0.1, 0.15) is 31.0 Å². The van der Waals surface area contributed by atoms with Crippen molar-refractivity contribution in [1.82, 2.24) is 14.8 Å². The molecule has 0 unspecified atom stereocenters. The highest BCUT2D eigenvalue weighted by Crippen LogP contribution is 2.26. The number of fused-ring (bicyclic) bond motifs is 1. The summed E-state index contributed by atoms with van der Waals surface area (Å²) in [7, 11) is -2.60. The molecule has 176 valence electrons. The zero-order valence-electron chi connectivity index (χ0n) is 19.1. The van der Waals surface area contributed by atoms with Crippen LogP contribution in [0.3, 0.4) is 0 Å². The van der Waals surface area contributed by atoms with Gasteiger partial charge in [-0.3, -0.25) is 14.5 Å². The molecule has 4 rings (SSSR count). The van der Waals surface area contributed by atoms with Crippen LogP contribution < -0.4 is 4.72 Å². The van der Waals surface area contributed by atoms with Gasteiger partial charge in [-0.15, -0.1) is 0 Å². The van der Waals surface area contributed by atoms with E-state index in [-0.39, 0.29) is 17.1 Å². The number of hydrogen-bond donors (Lipinski definition) is 1. The first-order valence-corrected chi connectivity index (χ1v) is 12.5. The van der Waals surface area contributed by atoms with Crippen molar-refractivity contribution in [3.63, 3.8) is 0 Å². The monoisotopic (exact) mass is 478 g/mol. The number of nitrogens with one attached hydrogen (secondary N) is 1. The fourth-order valence-electron chi connectivity index (χ4n) is 3.68. The van der Waals surface area contributed by atoms with Crippen molar-refractivity contribution in [3.8, 4) is 5.69 Å². The molecule has 0 aliphatic carbocycles. The Morgan fingerprint density at radius 2 is 1.88 bits per heavy atom. The lowest BCUT2D eigenvalue weighted by Gasteiger charge is -2.12. The predicted octanol–water partition coefficient (Wildman–Crippen LogP) is 4.28. The highest BCUT2D eigenvalue weighted by Gasteiger charge is 2.21. The number of sulfonamides is 1. The Balaban J connectivity index is 1.74. The molecule has 0 aliphatic rings. The number of hydrogen-bond acceptors (Lipinski definition) is 6. The predicted molar refractivity (Wildman–Crippen MR) is 130 cm³/mol. The summed E-state index contributed by atoms with van der Waals surface area (Å²) < 4.78 is 35.3. The van der Waals surface area contributed by atoms with Crippen LogP contribution in [0.4, 0.5) is 5.82 Å². The lowest BCUT2D eigenvalue weighted by atomic mass is 10.1. The first kappa shape index (κ1) is 23.4. The van der Waals surface area contributed by atoms with Gasteiger partial charge in [0.2, 0.25) is 0 Å². The minimum atomic E-state index is -3.90. The normalized spacial score (nSPS) is 11.5. The Morgan fingerprint density at radius 3 is 2.62 bits per heavy atom. The van der Waals surface area contributed by atoms with Gasteiger partial charge in [-0.2, -0.15) is 5.10 Å². The van der Waals surface area contributed by atoms with Crippen molar-refractivity contribution >= 4 is 32.7 Å². The molecule has 0 saturated carbocycles. The summed E-state index contributed by atoms with van der Waals surface area (Å²) in [6.45, 7) is 2.12. The lowest BCUT2D eigenvalue weighted by molar-refractivity contribution is -0.139. The second-order valence-corrected chi connectivity index (χ2v) is 9.57. The summed E-state index contributed by atoms with van der Waals surface area (Å²) in [4.78, 5) is 16.4. The van der Waals surface area contributed by atoms with Crippen LogP contribution in [0.5, 0.6) is 0 Å². The van der Waals surface area contributed by atoms with Gasteiger partial charge in [0, 0.05) is 17.6 Å². The quantitative estimate of drug-likeness (QED) is 0.360. The van der Waals surface area contributed by atoms with E-state index in [0.717, 1.165) is 35.7 Å². The molecular weight excluding hydrogens is 452 g/mol. The molecule has 0 radical (unpaired) electrons. The van der Waals surface area contributed by atoms with Crippen molar-refractivity contribution in [2.75, 3.05) is 11.8 Å². The highest BCUT2D eigenvalue weighted by atomic mass is 32.2. The number of aryl methyl sites for hydroxylation is 1. The lowest BCUT2D eigenvalue weighted by Crippen LogP contribution is -2.16. The Labute approximate surface area is 198 Å². The van der Waals surface area contributed by atoms with Gasteiger partial charge in [0.1, 0.15) is 5.82 Å². The third-order valence-electron chi connectivity index (χ3n) is 5.46. The van der Waals surface area contributed by atoms with E-state index < -0.39 is 16.0 Å². The average Bonchev–Trinajstić information content (AvgIpc) is 3.23. The molecule has 9 heteroatoms. The number of nitrogens with zero attached hydrogens (tertiary/aromatic N) is 3. The smallest absolute Gasteiger partial charge is 0.311 e. The van der Waals surface area contributed by atoms with E-state index in [1.165, 1.54) is 11.8 Å². The second kappa shape index (κ2) is 10.0. The molecule has 0 saturated heterocycles. The maximum atomic E-state index is 13.2. The summed E-state index contributed by atoms with van der Waals surface area (Å²) in [5.74, 6) is -0.258. The second-order valence-electron chi connectivity index (χ2n) is 7.89. The third-order valence-corrected chi connectivity index (χ3v) is 6.83. The molecule has 2 heterocycles. The van der Waals surface area contributed by atoms with Crippen LogP contribution in [0.25, 0.3) is 16.6 Å². The van der Waals surface area contributed by atoms with Crippen molar-refractivity contribution in [2.24, 2.45) is 0 Å². The molecule has 0 amide bonds. The number of esters is 1. The van der Waals surface area contributed by atoms with Gasteiger partial charge < -0.3 is 4.74 Å². The molecule has 1 N–H and O–H groups in total. The number of aromatic nitrogens is 3. The van der Waals surface area contributed by atoms with E-state index in [2.05, 4.69) is 21.7 Å². The molecule has 4 aromatic rings. The summed E-state index contributed by atoms with van der Waals surface area (Å²) in [5.41, 5.74) is 2.84. The standard InChI is InChI=1S/C25H26N4O4S/c1-3-4-7-18-11-13-20(14-12-18)34(31,32)28-24-16-19(17-25(30)33-2)27-29(24)23-10-5-9-22-21(23)8-6-15-26-22/h5-6,8-16,28H,3-4,7,17H2,1-2H3. The van der Waals surface area contributed by atoms with Gasteiger partial charge in [0.25, 0.3) is 10.0 Å². The average molecular weight is 479 g/mol. The number of unbranched alkanes of at least 4 members (excludes halogenated alkanes) is 1. The van der Waals surface area contributed by atoms with Crippen LogP contribution >= 0.6 is 0 Å². The Morgan fingerprint density at radius 1 is 1.09 bits per heavy atom. The molecule has 34 heavy (non-hydrogen) atoms. The van der Waals surface area contributed by atoms with E-state index in [1.807, 2.05) is 36.4 Å². The summed E-state index contributed by atoms with van der Waals surface area (Å²) in [5, 5.41) is 5.30. The summed E-state index contributed by atoms with van der Waals surface area (Å²) >= 11 is 0. The molecule has 0 atom stereocenters. The molecule has 0 spiro atoms. The van der Waals surface area contributed by atoms with Gasteiger partial charge in [0.15, 0.2) is 0 Å².